The highest BCUT2D eigenvalue weighted by molar-refractivity contribution is 5.47. The minimum atomic E-state index is 0.234. The molecule has 0 spiro atoms. The normalized spacial score (nSPS) is 12.1. The van der Waals surface area contributed by atoms with E-state index in [0.717, 1.165) is 11.3 Å². The highest BCUT2D eigenvalue weighted by Gasteiger charge is 2.05. The minimum absolute atomic E-state index is 0.234. The number of anilines is 1. The Morgan fingerprint density at radius 2 is 1.95 bits per heavy atom. The van der Waals surface area contributed by atoms with Crippen molar-refractivity contribution >= 4 is 5.69 Å². The quantitative estimate of drug-likeness (QED) is 0.755. The van der Waals surface area contributed by atoms with Crippen LogP contribution in [0.2, 0.25) is 0 Å². The Morgan fingerprint density at radius 1 is 1.14 bits per heavy atom. The molecule has 0 aliphatic carbocycles. The van der Waals surface area contributed by atoms with Crippen LogP contribution >= 0.6 is 0 Å². The van der Waals surface area contributed by atoms with Gasteiger partial charge in [0.05, 0.1) is 19.8 Å². The van der Waals surface area contributed by atoms with Gasteiger partial charge in [0.2, 0.25) is 0 Å². The van der Waals surface area contributed by atoms with Crippen molar-refractivity contribution in [2.75, 3.05) is 25.6 Å². The Kier molecular flexibility index (Phi) is 6.19. The second kappa shape index (κ2) is 8.39. The van der Waals surface area contributed by atoms with Crippen molar-refractivity contribution in [3.05, 3.63) is 59.9 Å². The Labute approximate surface area is 126 Å². The van der Waals surface area contributed by atoms with Gasteiger partial charge in [0, 0.05) is 31.2 Å². The van der Waals surface area contributed by atoms with Gasteiger partial charge in [-0.25, -0.2) is 0 Å². The van der Waals surface area contributed by atoms with Crippen LogP contribution in [0.3, 0.4) is 0 Å². The molecule has 1 aromatic heterocycles. The SMILES string of the molecule is COCCOCc1cccc(NC(C)c2ccncc2)c1. The molecule has 0 bridgehead atoms. The lowest BCUT2D eigenvalue weighted by Gasteiger charge is -2.16. The van der Waals surface area contributed by atoms with E-state index in [-0.39, 0.29) is 6.04 Å². The molecule has 1 heterocycles. The van der Waals surface area contributed by atoms with Crippen molar-refractivity contribution in [1.29, 1.82) is 0 Å². The average Bonchev–Trinajstić information content (AvgIpc) is 2.53. The summed E-state index contributed by atoms with van der Waals surface area (Å²) in [5.74, 6) is 0. The summed E-state index contributed by atoms with van der Waals surface area (Å²) in [5.41, 5.74) is 3.46. The molecule has 2 aromatic rings. The first-order valence-corrected chi connectivity index (χ1v) is 7.11. The number of pyridine rings is 1. The van der Waals surface area contributed by atoms with E-state index in [2.05, 4.69) is 35.4 Å². The molecule has 1 aromatic carbocycles. The van der Waals surface area contributed by atoms with Crippen LogP contribution in [0.4, 0.5) is 5.69 Å². The maximum atomic E-state index is 5.54. The summed E-state index contributed by atoms with van der Waals surface area (Å²) in [4.78, 5) is 4.04. The van der Waals surface area contributed by atoms with Crippen LogP contribution < -0.4 is 5.32 Å². The second-order valence-corrected chi connectivity index (χ2v) is 4.89. The molecule has 1 unspecified atom stereocenters. The molecule has 2 rings (SSSR count). The monoisotopic (exact) mass is 286 g/mol. The Hall–Kier alpha value is -1.91. The summed E-state index contributed by atoms with van der Waals surface area (Å²) in [6.07, 6.45) is 3.63. The molecule has 0 aliphatic rings. The predicted molar refractivity (Wildman–Crippen MR) is 84.2 cm³/mol. The van der Waals surface area contributed by atoms with Crippen LogP contribution in [-0.4, -0.2) is 25.3 Å². The van der Waals surface area contributed by atoms with Gasteiger partial charge in [-0.1, -0.05) is 12.1 Å². The van der Waals surface area contributed by atoms with Crippen LogP contribution in [0, 0.1) is 0 Å². The zero-order valence-electron chi connectivity index (χ0n) is 12.6. The van der Waals surface area contributed by atoms with Crippen LogP contribution in [0.5, 0.6) is 0 Å². The standard InChI is InChI=1S/C17H22N2O2/c1-14(16-6-8-18-9-7-16)19-17-5-3-4-15(12-17)13-21-11-10-20-2/h3-9,12,14,19H,10-11,13H2,1-2H3. The van der Waals surface area contributed by atoms with Gasteiger partial charge in [-0.05, 0) is 42.3 Å². The molecule has 4 nitrogen and oxygen atoms in total. The van der Waals surface area contributed by atoms with Crippen molar-refractivity contribution in [1.82, 2.24) is 4.98 Å². The number of methoxy groups -OCH3 is 1. The highest BCUT2D eigenvalue weighted by atomic mass is 16.5. The summed E-state index contributed by atoms with van der Waals surface area (Å²) < 4.78 is 10.5. The van der Waals surface area contributed by atoms with E-state index in [9.17, 15) is 0 Å². The largest absolute Gasteiger partial charge is 0.382 e. The van der Waals surface area contributed by atoms with E-state index < -0.39 is 0 Å². The van der Waals surface area contributed by atoms with Gasteiger partial charge in [0.25, 0.3) is 0 Å². The van der Waals surface area contributed by atoms with E-state index in [4.69, 9.17) is 9.47 Å². The number of rotatable bonds is 8. The first-order chi connectivity index (χ1) is 10.3. The number of hydrogen-bond acceptors (Lipinski definition) is 4. The summed E-state index contributed by atoms with van der Waals surface area (Å²) in [7, 11) is 1.67. The fourth-order valence-corrected chi connectivity index (χ4v) is 2.07. The first-order valence-electron chi connectivity index (χ1n) is 7.11. The van der Waals surface area contributed by atoms with Gasteiger partial charge in [-0.3, -0.25) is 4.98 Å². The third-order valence-corrected chi connectivity index (χ3v) is 3.22. The molecule has 112 valence electrons. The van der Waals surface area contributed by atoms with Gasteiger partial charge in [-0.2, -0.15) is 0 Å². The molecule has 0 amide bonds. The Balaban J connectivity index is 1.91. The van der Waals surface area contributed by atoms with Crippen LogP contribution in [-0.2, 0) is 16.1 Å². The number of benzene rings is 1. The molecule has 0 radical (unpaired) electrons. The molecule has 4 heteroatoms. The predicted octanol–water partition coefficient (Wildman–Crippen LogP) is 3.42. The third kappa shape index (κ3) is 5.17. The van der Waals surface area contributed by atoms with E-state index >= 15 is 0 Å². The fraction of sp³-hybridized carbons (Fsp3) is 0.353. The summed E-state index contributed by atoms with van der Waals surface area (Å²) in [6, 6.07) is 12.6. The topological polar surface area (TPSA) is 43.4 Å². The van der Waals surface area contributed by atoms with Crippen molar-refractivity contribution < 1.29 is 9.47 Å². The molecule has 0 fully saturated rings. The van der Waals surface area contributed by atoms with Crippen LogP contribution in [0.25, 0.3) is 0 Å². The van der Waals surface area contributed by atoms with Gasteiger partial charge in [0.15, 0.2) is 0 Å². The minimum Gasteiger partial charge on any atom is -0.382 e. The zero-order chi connectivity index (χ0) is 14.9. The van der Waals surface area contributed by atoms with E-state index in [0.29, 0.717) is 19.8 Å². The van der Waals surface area contributed by atoms with Crippen molar-refractivity contribution in [2.24, 2.45) is 0 Å². The number of ether oxygens (including phenoxy) is 2. The lowest BCUT2D eigenvalue weighted by molar-refractivity contribution is 0.0617. The number of aromatic nitrogens is 1. The molecule has 0 saturated heterocycles. The third-order valence-electron chi connectivity index (χ3n) is 3.22. The van der Waals surface area contributed by atoms with Crippen molar-refractivity contribution in [2.45, 2.75) is 19.6 Å². The maximum Gasteiger partial charge on any atom is 0.0718 e. The summed E-state index contributed by atoms with van der Waals surface area (Å²) >= 11 is 0. The maximum absolute atomic E-state index is 5.54. The Morgan fingerprint density at radius 3 is 2.71 bits per heavy atom. The molecule has 21 heavy (non-hydrogen) atoms. The molecular formula is C17H22N2O2. The number of hydrogen-bond donors (Lipinski definition) is 1. The fourth-order valence-electron chi connectivity index (χ4n) is 2.07. The molecule has 1 N–H and O–H groups in total. The molecule has 0 aliphatic heterocycles. The lowest BCUT2D eigenvalue weighted by Crippen LogP contribution is -2.07. The van der Waals surface area contributed by atoms with Crippen LogP contribution in [0.15, 0.2) is 48.8 Å². The average molecular weight is 286 g/mol. The van der Waals surface area contributed by atoms with Crippen molar-refractivity contribution in [3.63, 3.8) is 0 Å². The molecule has 0 saturated carbocycles. The van der Waals surface area contributed by atoms with E-state index in [1.165, 1.54) is 5.56 Å². The number of nitrogens with zero attached hydrogens (tertiary/aromatic N) is 1. The summed E-state index contributed by atoms with van der Waals surface area (Å²) in [6.45, 7) is 3.97. The van der Waals surface area contributed by atoms with E-state index in [1.807, 2.05) is 30.6 Å². The van der Waals surface area contributed by atoms with Crippen LogP contribution in [0.1, 0.15) is 24.1 Å². The van der Waals surface area contributed by atoms with E-state index in [1.54, 1.807) is 7.11 Å². The van der Waals surface area contributed by atoms with Gasteiger partial charge in [-0.15, -0.1) is 0 Å². The molecule has 1 atom stereocenters. The van der Waals surface area contributed by atoms with Gasteiger partial charge >= 0.3 is 0 Å². The Bertz CT molecular complexity index is 531. The van der Waals surface area contributed by atoms with Crippen molar-refractivity contribution in [3.8, 4) is 0 Å². The van der Waals surface area contributed by atoms with Gasteiger partial charge in [0.1, 0.15) is 0 Å². The lowest BCUT2D eigenvalue weighted by atomic mass is 10.1. The summed E-state index contributed by atoms with van der Waals surface area (Å²) in [5, 5.41) is 3.49. The first kappa shape index (κ1) is 15.5. The highest BCUT2D eigenvalue weighted by Crippen LogP contribution is 2.19. The molecular weight excluding hydrogens is 264 g/mol. The second-order valence-electron chi connectivity index (χ2n) is 4.89. The number of nitrogens with one attached hydrogen (secondary N) is 1. The van der Waals surface area contributed by atoms with Gasteiger partial charge < -0.3 is 14.8 Å². The zero-order valence-corrected chi connectivity index (χ0v) is 12.6. The smallest absolute Gasteiger partial charge is 0.0718 e.